The Morgan fingerprint density at radius 1 is 1.44 bits per heavy atom. The van der Waals surface area contributed by atoms with E-state index in [4.69, 9.17) is 9.84 Å². The molecule has 1 saturated heterocycles. The molecule has 0 spiro atoms. The van der Waals surface area contributed by atoms with Gasteiger partial charge >= 0.3 is 0 Å². The minimum Gasteiger partial charge on any atom is -0.497 e. The molecule has 2 rings (SSSR count). The van der Waals surface area contributed by atoms with Gasteiger partial charge in [-0.3, -0.25) is 0 Å². The standard InChI is InChI=1S/C13H19NO2/c1-16-13-4-2-3-11(7-13)5-6-14-8-12(9-14)10-15/h2-4,7,12,15H,5-6,8-10H2,1H3. The van der Waals surface area contributed by atoms with Crippen LogP contribution in [0.3, 0.4) is 0 Å². The van der Waals surface area contributed by atoms with Gasteiger partial charge in [-0.2, -0.15) is 0 Å². The van der Waals surface area contributed by atoms with E-state index in [1.165, 1.54) is 5.56 Å². The molecule has 3 heteroatoms. The minimum atomic E-state index is 0.329. The third-order valence-electron chi connectivity index (χ3n) is 3.14. The number of likely N-dealkylation sites (tertiary alicyclic amines) is 1. The molecule has 1 aliphatic rings. The Bertz CT molecular complexity index is 334. The molecule has 0 aromatic heterocycles. The first-order chi connectivity index (χ1) is 7.81. The summed E-state index contributed by atoms with van der Waals surface area (Å²) in [5, 5.41) is 8.91. The summed E-state index contributed by atoms with van der Waals surface area (Å²) in [6.07, 6.45) is 1.05. The van der Waals surface area contributed by atoms with Gasteiger partial charge < -0.3 is 14.7 Å². The number of benzene rings is 1. The Kier molecular flexibility index (Phi) is 3.80. The first kappa shape index (κ1) is 11.4. The highest BCUT2D eigenvalue weighted by atomic mass is 16.5. The molecule has 0 bridgehead atoms. The lowest BCUT2D eigenvalue weighted by Gasteiger charge is -2.38. The van der Waals surface area contributed by atoms with Crippen molar-refractivity contribution < 1.29 is 9.84 Å². The fourth-order valence-electron chi connectivity index (χ4n) is 2.09. The quantitative estimate of drug-likeness (QED) is 0.810. The number of methoxy groups -OCH3 is 1. The van der Waals surface area contributed by atoms with Crippen LogP contribution in [0.25, 0.3) is 0 Å². The monoisotopic (exact) mass is 221 g/mol. The molecule has 0 amide bonds. The third-order valence-corrected chi connectivity index (χ3v) is 3.14. The minimum absolute atomic E-state index is 0.329. The smallest absolute Gasteiger partial charge is 0.119 e. The Balaban J connectivity index is 1.77. The molecule has 1 aliphatic heterocycles. The zero-order valence-corrected chi connectivity index (χ0v) is 9.72. The average molecular weight is 221 g/mol. The fraction of sp³-hybridized carbons (Fsp3) is 0.538. The molecule has 1 heterocycles. The van der Waals surface area contributed by atoms with Crippen molar-refractivity contribution in [1.29, 1.82) is 0 Å². The van der Waals surface area contributed by atoms with Crippen LogP contribution >= 0.6 is 0 Å². The van der Waals surface area contributed by atoms with Crippen LogP contribution in [0.1, 0.15) is 5.56 Å². The predicted molar refractivity (Wildman–Crippen MR) is 63.7 cm³/mol. The largest absolute Gasteiger partial charge is 0.497 e. The summed E-state index contributed by atoms with van der Waals surface area (Å²) in [4.78, 5) is 2.38. The van der Waals surface area contributed by atoms with E-state index in [2.05, 4.69) is 17.0 Å². The molecule has 1 aromatic carbocycles. The van der Waals surface area contributed by atoms with Gasteiger partial charge in [0.2, 0.25) is 0 Å². The number of aliphatic hydroxyl groups is 1. The molecule has 0 atom stereocenters. The number of hydrogen-bond acceptors (Lipinski definition) is 3. The Morgan fingerprint density at radius 2 is 2.25 bits per heavy atom. The van der Waals surface area contributed by atoms with Gasteiger partial charge in [-0.25, -0.2) is 0 Å². The summed E-state index contributed by atoms with van der Waals surface area (Å²) in [5.41, 5.74) is 1.31. The van der Waals surface area contributed by atoms with E-state index >= 15 is 0 Å². The topological polar surface area (TPSA) is 32.7 Å². The van der Waals surface area contributed by atoms with Crippen LogP contribution in [0.15, 0.2) is 24.3 Å². The van der Waals surface area contributed by atoms with Crippen molar-refractivity contribution in [3.05, 3.63) is 29.8 Å². The second-order valence-electron chi connectivity index (χ2n) is 4.41. The van der Waals surface area contributed by atoms with Crippen LogP contribution in [0.5, 0.6) is 5.75 Å². The SMILES string of the molecule is COc1cccc(CCN2CC(CO)C2)c1. The van der Waals surface area contributed by atoms with Crippen LogP contribution in [0.2, 0.25) is 0 Å². The van der Waals surface area contributed by atoms with Gasteiger partial charge in [-0.1, -0.05) is 12.1 Å². The van der Waals surface area contributed by atoms with Gasteiger partial charge in [0, 0.05) is 32.2 Å². The van der Waals surface area contributed by atoms with Crippen LogP contribution < -0.4 is 4.74 Å². The molecule has 3 nitrogen and oxygen atoms in total. The molecular weight excluding hydrogens is 202 g/mol. The zero-order valence-electron chi connectivity index (χ0n) is 9.72. The van der Waals surface area contributed by atoms with Crippen LogP contribution in [-0.4, -0.2) is 43.4 Å². The lowest BCUT2D eigenvalue weighted by molar-refractivity contribution is 0.0551. The maximum atomic E-state index is 8.91. The van der Waals surface area contributed by atoms with Crippen molar-refractivity contribution in [2.45, 2.75) is 6.42 Å². The molecule has 0 saturated carbocycles. The second-order valence-corrected chi connectivity index (χ2v) is 4.41. The number of ether oxygens (including phenoxy) is 1. The van der Waals surface area contributed by atoms with Crippen molar-refractivity contribution in [3.63, 3.8) is 0 Å². The molecule has 1 N–H and O–H groups in total. The summed E-state index contributed by atoms with van der Waals surface area (Å²) in [6.45, 7) is 3.49. The van der Waals surface area contributed by atoms with E-state index in [1.54, 1.807) is 7.11 Å². The van der Waals surface area contributed by atoms with Crippen LogP contribution in [0.4, 0.5) is 0 Å². The van der Waals surface area contributed by atoms with Gasteiger partial charge in [0.05, 0.1) is 7.11 Å². The van der Waals surface area contributed by atoms with Gasteiger partial charge in [-0.05, 0) is 24.1 Å². The maximum Gasteiger partial charge on any atom is 0.119 e. The molecule has 16 heavy (non-hydrogen) atoms. The third kappa shape index (κ3) is 2.74. The molecule has 88 valence electrons. The van der Waals surface area contributed by atoms with Crippen molar-refractivity contribution >= 4 is 0 Å². The Morgan fingerprint density at radius 3 is 2.94 bits per heavy atom. The van der Waals surface area contributed by atoms with Crippen molar-refractivity contribution in [1.82, 2.24) is 4.90 Å². The van der Waals surface area contributed by atoms with E-state index < -0.39 is 0 Å². The van der Waals surface area contributed by atoms with Gasteiger partial charge in [0.25, 0.3) is 0 Å². The van der Waals surface area contributed by atoms with Gasteiger partial charge in [-0.15, -0.1) is 0 Å². The molecule has 0 radical (unpaired) electrons. The van der Waals surface area contributed by atoms with Crippen molar-refractivity contribution in [2.75, 3.05) is 33.4 Å². The molecule has 0 unspecified atom stereocenters. The Labute approximate surface area is 96.6 Å². The van der Waals surface area contributed by atoms with Crippen molar-refractivity contribution in [2.24, 2.45) is 5.92 Å². The highest BCUT2D eigenvalue weighted by Crippen LogP contribution is 2.17. The number of aliphatic hydroxyl groups excluding tert-OH is 1. The van der Waals surface area contributed by atoms with E-state index in [0.717, 1.165) is 31.8 Å². The zero-order chi connectivity index (χ0) is 11.4. The summed E-state index contributed by atoms with van der Waals surface area (Å²) >= 11 is 0. The lowest BCUT2D eigenvalue weighted by atomic mass is 10.0. The molecule has 0 aliphatic carbocycles. The van der Waals surface area contributed by atoms with Gasteiger partial charge in [0.1, 0.15) is 5.75 Å². The fourth-order valence-corrected chi connectivity index (χ4v) is 2.09. The first-order valence-electron chi connectivity index (χ1n) is 5.78. The Hall–Kier alpha value is -1.06. The van der Waals surface area contributed by atoms with Gasteiger partial charge in [0.15, 0.2) is 0 Å². The van der Waals surface area contributed by atoms with E-state index in [9.17, 15) is 0 Å². The highest BCUT2D eigenvalue weighted by molar-refractivity contribution is 5.28. The van der Waals surface area contributed by atoms with Crippen LogP contribution in [-0.2, 0) is 6.42 Å². The predicted octanol–water partition coefficient (Wildman–Crippen LogP) is 1.16. The lowest BCUT2D eigenvalue weighted by Crippen LogP contribution is -2.48. The first-order valence-corrected chi connectivity index (χ1v) is 5.78. The number of hydrogen-bond donors (Lipinski definition) is 1. The number of nitrogens with zero attached hydrogens (tertiary/aromatic N) is 1. The summed E-state index contributed by atoms with van der Waals surface area (Å²) < 4.78 is 5.19. The van der Waals surface area contributed by atoms with Crippen LogP contribution in [0, 0.1) is 5.92 Å². The maximum absolute atomic E-state index is 8.91. The molecule has 1 fully saturated rings. The van der Waals surface area contributed by atoms with Crippen molar-refractivity contribution in [3.8, 4) is 5.75 Å². The summed E-state index contributed by atoms with van der Waals surface area (Å²) in [5.74, 6) is 1.43. The molecular formula is C13H19NO2. The highest BCUT2D eigenvalue weighted by Gasteiger charge is 2.24. The second kappa shape index (κ2) is 5.32. The summed E-state index contributed by atoms with van der Waals surface area (Å²) in [7, 11) is 1.69. The summed E-state index contributed by atoms with van der Waals surface area (Å²) in [6, 6.07) is 8.21. The normalized spacial score (nSPS) is 17.1. The number of rotatable bonds is 5. The van der Waals surface area contributed by atoms with E-state index in [0.29, 0.717) is 12.5 Å². The molecule has 1 aromatic rings. The van der Waals surface area contributed by atoms with E-state index in [-0.39, 0.29) is 0 Å². The average Bonchev–Trinajstić information content (AvgIpc) is 2.28. The van der Waals surface area contributed by atoms with E-state index in [1.807, 2.05) is 12.1 Å².